The third-order valence-corrected chi connectivity index (χ3v) is 3.93. The Kier molecular flexibility index (Phi) is 9.47. The summed E-state index contributed by atoms with van der Waals surface area (Å²) in [6.45, 7) is 9.04. The Morgan fingerprint density at radius 3 is 2.19 bits per heavy atom. The normalized spacial score (nSPS) is 12.2. The molecular weight excluding hydrogens is 220 g/mol. The molecule has 0 amide bonds. The summed E-state index contributed by atoms with van der Waals surface area (Å²) in [6.07, 6.45) is 4.03. The first-order valence-electron chi connectivity index (χ1n) is 5.97. The van der Waals surface area contributed by atoms with Crippen molar-refractivity contribution in [1.29, 1.82) is 0 Å². The van der Waals surface area contributed by atoms with Crippen molar-refractivity contribution in [1.82, 2.24) is 0 Å². The molecule has 0 aliphatic rings. The van der Waals surface area contributed by atoms with Crippen molar-refractivity contribution in [2.45, 2.75) is 46.6 Å². The smallest absolute Gasteiger partial charge is 0.392 e. The minimum absolute atomic E-state index is 0.157. The van der Waals surface area contributed by atoms with Gasteiger partial charge in [-0.3, -0.25) is 4.79 Å². The zero-order chi connectivity index (χ0) is 12.4. The molecule has 0 aromatic heterocycles. The molecule has 0 bridgehead atoms. The number of carbonyl (C=O) groups excluding carboxylic acids is 1. The zero-order valence-electron chi connectivity index (χ0n) is 10.8. The Balaban J connectivity index is 4.16. The van der Waals surface area contributed by atoms with E-state index in [4.69, 9.17) is 8.85 Å². The fraction of sp³-hybridized carbons (Fsp3) is 0.750. The van der Waals surface area contributed by atoms with E-state index >= 15 is 0 Å². The molecule has 0 aliphatic carbocycles. The number of rotatable bonds is 9. The van der Waals surface area contributed by atoms with Crippen LogP contribution in [0.1, 0.15) is 40.5 Å². The number of ketones is 1. The highest BCUT2D eigenvalue weighted by molar-refractivity contribution is 6.50. The summed E-state index contributed by atoms with van der Waals surface area (Å²) in [4.78, 5) is 11.8. The number of Topliss-reactive ketones (excluding diaryl/α,β-unsaturated/α-hetero) is 1. The van der Waals surface area contributed by atoms with Gasteiger partial charge in [0.2, 0.25) is 0 Å². The minimum Gasteiger partial charge on any atom is -0.393 e. The van der Waals surface area contributed by atoms with Gasteiger partial charge in [-0.05, 0) is 32.8 Å². The molecule has 0 aromatic carbocycles. The number of allylic oxidation sites excluding steroid dienone is 2. The van der Waals surface area contributed by atoms with Gasteiger partial charge in [0.1, 0.15) is 0 Å². The third-order valence-electron chi connectivity index (χ3n) is 2.09. The van der Waals surface area contributed by atoms with Gasteiger partial charge in [0.15, 0.2) is 5.78 Å². The van der Waals surface area contributed by atoms with E-state index in [0.717, 1.165) is 18.4 Å². The first-order chi connectivity index (χ1) is 7.65. The van der Waals surface area contributed by atoms with Crippen LogP contribution in [0.3, 0.4) is 0 Å². The van der Waals surface area contributed by atoms with Crippen LogP contribution in [-0.4, -0.2) is 28.3 Å². The molecule has 0 fully saturated rings. The molecule has 0 heterocycles. The van der Waals surface area contributed by atoms with Gasteiger partial charge in [-0.1, -0.05) is 19.4 Å². The van der Waals surface area contributed by atoms with E-state index < -0.39 is 9.28 Å². The second-order valence-corrected chi connectivity index (χ2v) is 5.19. The highest BCUT2D eigenvalue weighted by Crippen LogP contribution is 2.07. The second kappa shape index (κ2) is 9.75. The molecule has 16 heavy (non-hydrogen) atoms. The Morgan fingerprint density at radius 1 is 1.19 bits per heavy atom. The van der Waals surface area contributed by atoms with Gasteiger partial charge in [0, 0.05) is 13.2 Å². The lowest BCUT2D eigenvalue weighted by atomic mass is 10.1. The van der Waals surface area contributed by atoms with Gasteiger partial charge in [-0.2, -0.15) is 0 Å². The summed E-state index contributed by atoms with van der Waals surface area (Å²) < 4.78 is 10.9. The van der Waals surface area contributed by atoms with Gasteiger partial charge in [0.05, 0.1) is 6.04 Å². The van der Waals surface area contributed by atoms with Crippen LogP contribution in [0.2, 0.25) is 6.04 Å². The quantitative estimate of drug-likeness (QED) is 0.461. The molecular formula is C12H23O3Si. The zero-order valence-corrected chi connectivity index (χ0v) is 11.8. The van der Waals surface area contributed by atoms with E-state index in [-0.39, 0.29) is 5.78 Å². The molecule has 0 aromatic rings. The van der Waals surface area contributed by atoms with Crippen molar-refractivity contribution in [3.8, 4) is 0 Å². The van der Waals surface area contributed by atoms with E-state index in [9.17, 15) is 4.79 Å². The molecule has 1 radical (unpaired) electrons. The van der Waals surface area contributed by atoms with Gasteiger partial charge in [-0.15, -0.1) is 0 Å². The average molecular weight is 243 g/mol. The fourth-order valence-corrected chi connectivity index (χ4v) is 2.68. The van der Waals surface area contributed by atoms with Crippen molar-refractivity contribution in [2.24, 2.45) is 0 Å². The van der Waals surface area contributed by atoms with Crippen molar-refractivity contribution >= 4 is 15.1 Å². The summed E-state index contributed by atoms with van der Waals surface area (Å²) in [5.41, 5.74) is 0.837. The Labute approximate surface area is 101 Å². The lowest BCUT2D eigenvalue weighted by molar-refractivity contribution is -0.113. The van der Waals surface area contributed by atoms with Gasteiger partial charge >= 0.3 is 9.28 Å². The van der Waals surface area contributed by atoms with Crippen LogP contribution in [0.15, 0.2) is 11.6 Å². The lowest BCUT2D eigenvalue weighted by Crippen LogP contribution is -2.26. The molecule has 0 spiro atoms. The predicted octanol–water partition coefficient (Wildman–Crippen LogP) is 2.86. The van der Waals surface area contributed by atoms with Crippen molar-refractivity contribution in [3.05, 3.63) is 11.6 Å². The van der Waals surface area contributed by atoms with Gasteiger partial charge < -0.3 is 8.85 Å². The van der Waals surface area contributed by atoms with Crippen LogP contribution in [0.4, 0.5) is 0 Å². The topological polar surface area (TPSA) is 35.5 Å². The molecule has 0 rings (SSSR count). The van der Waals surface area contributed by atoms with Crippen LogP contribution < -0.4 is 0 Å². The SMILES string of the molecule is CCCC=C(C)C(=O)C[Si](OCC)OCC. The molecule has 0 saturated heterocycles. The number of hydrogen-bond acceptors (Lipinski definition) is 3. The van der Waals surface area contributed by atoms with Crippen molar-refractivity contribution in [3.63, 3.8) is 0 Å². The number of unbranched alkanes of at least 4 members (excludes halogenated alkanes) is 1. The molecule has 3 nitrogen and oxygen atoms in total. The summed E-state index contributed by atoms with van der Waals surface area (Å²) in [5, 5.41) is 0. The molecule has 0 saturated carbocycles. The molecule has 4 heteroatoms. The van der Waals surface area contributed by atoms with Crippen LogP contribution in [0, 0.1) is 0 Å². The molecule has 0 unspecified atom stereocenters. The second-order valence-electron chi connectivity index (χ2n) is 3.51. The van der Waals surface area contributed by atoms with E-state index in [1.165, 1.54) is 0 Å². The lowest BCUT2D eigenvalue weighted by Gasteiger charge is -2.12. The van der Waals surface area contributed by atoms with E-state index in [1.54, 1.807) is 0 Å². The maximum absolute atomic E-state index is 11.8. The van der Waals surface area contributed by atoms with Gasteiger partial charge in [0.25, 0.3) is 0 Å². The average Bonchev–Trinajstić information content (AvgIpc) is 2.26. The minimum atomic E-state index is -1.41. The molecule has 0 N–H and O–H groups in total. The first kappa shape index (κ1) is 15.5. The van der Waals surface area contributed by atoms with E-state index in [0.29, 0.717) is 19.3 Å². The van der Waals surface area contributed by atoms with Crippen LogP contribution in [0.25, 0.3) is 0 Å². The summed E-state index contributed by atoms with van der Waals surface area (Å²) in [5.74, 6) is 0.157. The monoisotopic (exact) mass is 243 g/mol. The maximum atomic E-state index is 11.8. The highest BCUT2D eigenvalue weighted by atomic mass is 28.3. The summed E-state index contributed by atoms with van der Waals surface area (Å²) in [7, 11) is -1.41. The highest BCUT2D eigenvalue weighted by Gasteiger charge is 2.20. The summed E-state index contributed by atoms with van der Waals surface area (Å²) >= 11 is 0. The van der Waals surface area contributed by atoms with Crippen molar-refractivity contribution in [2.75, 3.05) is 13.2 Å². The van der Waals surface area contributed by atoms with E-state index in [2.05, 4.69) is 6.92 Å². The maximum Gasteiger partial charge on any atom is 0.392 e. The standard InChI is InChI=1S/C12H23O3Si/c1-5-8-9-11(4)12(13)10-16(14-6-2)15-7-3/h9H,5-8,10H2,1-4H3. The summed E-state index contributed by atoms with van der Waals surface area (Å²) in [6, 6.07) is 0.415. The number of hydrogen-bond donors (Lipinski definition) is 0. The van der Waals surface area contributed by atoms with Crippen molar-refractivity contribution < 1.29 is 13.6 Å². The third kappa shape index (κ3) is 6.93. The Morgan fingerprint density at radius 2 is 1.75 bits per heavy atom. The predicted molar refractivity (Wildman–Crippen MR) is 67.5 cm³/mol. The Hall–Kier alpha value is -0.453. The molecule has 0 aliphatic heterocycles. The molecule has 0 atom stereocenters. The number of carbonyl (C=O) groups is 1. The molecule has 93 valence electrons. The Bertz CT molecular complexity index is 220. The van der Waals surface area contributed by atoms with Crippen LogP contribution in [-0.2, 0) is 13.6 Å². The van der Waals surface area contributed by atoms with E-state index in [1.807, 2.05) is 26.8 Å². The van der Waals surface area contributed by atoms with Gasteiger partial charge in [-0.25, -0.2) is 0 Å². The van der Waals surface area contributed by atoms with Crippen LogP contribution >= 0.6 is 0 Å². The largest absolute Gasteiger partial charge is 0.393 e. The van der Waals surface area contributed by atoms with Crippen LogP contribution in [0.5, 0.6) is 0 Å². The fourth-order valence-electron chi connectivity index (χ4n) is 1.21. The first-order valence-corrected chi connectivity index (χ1v) is 7.49.